The van der Waals surface area contributed by atoms with Gasteiger partial charge >= 0.3 is 11.9 Å². The number of aryl methyl sites for hydroxylation is 1. The lowest BCUT2D eigenvalue weighted by Gasteiger charge is -2.35. The maximum absolute atomic E-state index is 14.6. The molecule has 0 saturated carbocycles. The van der Waals surface area contributed by atoms with Crippen LogP contribution in [0, 0.1) is 17.3 Å². The minimum Gasteiger partial charge on any atom is -0.497 e. The number of carbonyl (C=O) groups excluding carboxylic acids is 4. The molecular formula is C38H54N4O8. The predicted octanol–water partition coefficient (Wildman–Crippen LogP) is 5.28. The van der Waals surface area contributed by atoms with Gasteiger partial charge in [-0.15, -0.1) is 0 Å². The fraction of sp³-hybridized carbons (Fsp3) is 0.684. The summed E-state index contributed by atoms with van der Waals surface area (Å²) >= 11 is 0. The normalized spacial score (nSPS) is 27.1. The van der Waals surface area contributed by atoms with E-state index in [1.165, 1.54) is 4.90 Å². The Hall–Kier alpha value is -3.96. The van der Waals surface area contributed by atoms with Crippen LogP contribution in [0.5, 0.6) is 11.6 Å². The summed E-state index contributed by atoms with van der Waals surface area (Å²) in [5.74, 6) is -1.66. The molecule has 5 rings (SSSR count). The summed E-state index contributed by atoms with van der Waals surface area (Å²) in [4.78, 5) is 67.9. The van der Waals surface area contributed by atoms with E-state index >= 15 is 0 Å². The topological polar surface area (TPSA) is 137 Å². The van der Waals surface area contributed by atoms with Crippen molar-refractivity contribution >= 4 is 34.8 Å². The molecule has 12 nitrogen and oxygen atoms in total. The Bertz CT molecular complexity index is 1600. The average molecular weight is 695 g/mol. The quantitative estimate of drug-likeness (QED) is 0.382. The van der Waals surface area contributed by atoms with Gasteiger partial charge in [0.05, 0.1) is 43.1 Å². The molecule has 1 aromatic heterocycles. The van der Waals surface area contributed by atoms with Crippen LogP contribution in [0.3, 0.4) is 0 Å². The van der Waals surface area contributed by atoms with Gasteiger partial charge in [0.1, 0.15) is 35.3 Å². The van der Waals surface area contributed by atoms with Crippen molar-refractivity contribution in [3.63, 3.8) is 0 Å². The molecule has 2 bridgehead atoms. The molecule has 3 aliphatic heterocycles. The van der Waals surface area contributed by atoms with Crippen molar-refractivity contribution in [1.82, 2.24) is 19.8 Å². The molecule has 0 aliphatic carbocycles. The highest BCUT2D eigenvalue weighted by molar-refractivity contribution is 5.90. The third kappa shape index (κ3) is 8.32. The molecule has 50 heavy (non-hydrogen) atoms. The summed E-state index contributed by atoms with van der Waals surface area (Å²) in [6, 6.07) is 4.34. The van der Waals surface area contributed by atoms with Crippen molar-refractivity contribution in [1.29, 1.82) is 0 Å². The summed E-state index contributed by atoms with van der Waals surface area (Å²) in [6.45, 7) is 15.1. The van der Waals surface area contributed by atoms with Gasteiger partial charge in [-0.05, 0) is 57.6 Å². The fourth-order valence-corrected chi connectivity index (χ4v) is 7.48. The molecule has 2 fully saturated rings. The lowest BCUT2D eigenvalue weighted by Crippen LogP contribution is -2.50. The van der Waals surface area contributed by atoms with Crippen molar-refractivity contribution in [2.45, 2.75) is 130 Å². The van der Waals surface area contributed by atoms with Crippen molar-refractivity contribution in [3.8, 4) is 11.6 Å². The van der Waals surface area contributed by atoms with Crippen LogP contribution in [-0.2, 0) is 35.1 Å². The Labute approximate surface area is 295 Å². The minimum absolute atomic E-state index is 0.0470. The fourth-order valence-electron chi connectivity index (χ4n) is 7.48. The predicted molar refractivity (Wildman–Crippen MR) is 186 cm³/mol. The first-order chi connectivity index (χ1) is 23.5. The van der Waals surface area contributed by atoms with Crippen molar-refractivity contribution in [2.75, 3.05) is 20.2 Å². The van der Waals surface area contributed by atoms with Gasteiger partial charge in [0.2, 0.25) is 17.7 Å². The smallest absolute Gasteiger partial charge is 0.329 e. The van der Waals surface area contributed by atoms with Gasteiger partial charge in [0.15, 0.2) is 0 Å². The average Bonchev–Trinajstić information content (AvgIpc) is 3.57. The summed E-state index contributed by atoms with van der Waals surface area (Å²) in [5, 5.41) is 0. The van der Waals surface area contributed by atoms with Crippen LogP contribution >= 0.6 is 0 Å². The molecule has 4 heterocycles. The SMILES string of the molecule is COc1ccc2nc3c(nc2c1)O[C@H]1CN(C(=O)[C@H](C(C)(C)C)CC(=O)O[C@@H]2CCN(C(C)=O)[C@H]2CCCCC3)[C@H](C(=O)OC(C)(C)C)[C@@H]1C. The molecule has 2 amide bonds. The van der Waals surface area contributed by atoms with Crippen LogP contribution in [0.15, 0.2) is 18.2 Å². The maximum Gasteiger partial charge on any atom is 0.329 e. The number of benzene rings is 1. The van der Waals surface area contributed by atoms with E-state index in [0.29, 0.717) is 54.2 Å². The summed E-state index contributed by atoms with van der Waals surface area (Å²) < 4.78 is 24.0. The van der Waals surface area contributed by atoms with E-state index in [-0.39, 0.29) is 30.8 Å². The number of aromatic nitrogens is 2. The third-order valence-electron chi connectivity index (χ3n) is 10.2. The highest BCUT2D eigenvalue weighted by Crippen LogP contribution is 2.38. The first-order valence-corrected chi connectivity index (χ1v) is 18.0. The van der Waals surface area contributed by atoms with E-state index in [2.05, 4.69) is 0 Å². The first kappa shape index (κ1) is 37.3. The van der Waals surface area contributed by atoms with E-state index in [4.69, 9.17) is 28.9 Å². The molecule has 1 aromatic carbocycles. The Balaban J connectivity index is 1.57. The van der Waals surface area contributed by atoms with E-state index in [1.54, 1.807) is 45.8 Å². The molecule has 0 spiro atoms. The molecule has 0 radical (unpaired) electrons. The molecule has 3 aliphatic rings. The number of fused-ring (bicyclic) bond motifs is 5. The number of ether oxygens (including phenoxy) is 4. The molecule has 2 aromatic rings. The van der Waals surface area contributed by atoms with Crippen LogP contribution in [0.1, 0.15) is 99.6 Å². The number of amides is 2. The van der Waals surface area contributed by atoms with Crippen LogP contribution in [0.4, 0.5) is 0 Å². The molecule has 2 saturated heterocycles. The lowest BCUT2D eigenvalue weighted by atomic mass is 9.77. The Kier molecular flexibility index (Phi) is 11.0. The van der Waals surface area contributed by atoms with E-state index in [9.17, 15) is 19.2 Å². The van der Waals surface area contributed by atoms with Gasteiger partial charge in [-0.3, -0.25) is 14.4 Å². The number of nitrogens with zero attached hydrogens (tertiary/aromatic N) is 4. The van der Waals surface area contributed by atoms with Crippen LogP contribution in [-0.4, -0.2) is 93.6 Å². The van der Waals surface area contributed by atoms with Gasteiger partial charge in [-0.1, -0.05) is 40.5 Å². The van der Waals surface area contributed by atoms with Crippen LogP contribution in [0.2, 0.25) is 0 Å². The minimum atomic E-state index is -0.949. The highest BCUT2D eigenvalue weighted by Gasteiger charge is 2.51. The first-order valence-electron chi connectivity index (χ1n) is 18.0. The van der Waals surface area contributed by atoms with E-state index in [0.717, 1.165) is 19.3 Å². The van der Waals surface area contributed by atoms with Crippen molar-refractivity contribution in [2.24, 2.45) is 17.3 Å². The lowest BCUT2D eigenvalue weighted by molar-refractivity contribution is -0.167. The summed E-state index contributed by atoms with van der Waals surface area (Å²) in [6.07, 6.45) is 3.10. The molecule has 6 atom stereocenters. The van der Waals surface area contributed by atoms with Crippen molar-refractivity contribution < 1.29 is 38.1 Å². The molecule has 12 heteroatoms. The zero-order valence-electron chi connectivity index (χ0n) is 31.1. The number of methoxy groups -OCH3 is 1. The summed E-state index contributed by atoms with van der Waals surface area (Å²) in [7, 11) is 1.59. The Morgan fingerprint density at radius 1 is 0.940 bits per heavy atom. The standard InChI is InChI=1S/C38H54N4O8/c1-22-31-21-42(33(22)36(46)50-38(6,7)8)35(45)25(37(3,4)5)20-32(44)48-30-17-18-41(23(2)43)29(30)14-12-10-11-13-27-34(49-31)40-28-19-24(47-9)15-16-26(28)39-27/h15-16,19,22,25,29-31,33H,10-14,17-18,20-21H2,1-9H3/t22-,25-,29+,30-,31+,33+/m1/s1. The van der Waals surface area contributed by atoms with Gasteiger partial charge in [0, 0.05) is 31.9 Å². The number of hydrogen-bond donors (Lipinski definition) is 0. The second-order valence-electron chi connectivity index (χ2n) is 16.1. The molecule has 0 N–H and O–H groups in total. The molecule has 0 unspecified atom stereocenters. The number of hydrogen-bond acceptors (Lipinski definition) is 10. The zero-order valence-corrected chi connectivity index (χ0v) is 31.1. The monoisotopic (exact) mass is 694 g/mol. The van der Waals surface area contributed by atoms with E-state index in [1.807, 2.05) is 39.8 Å². The van der Waals surface area contributed by atoms with Crippen molar-refractivity contribution in [3.05, 3.63) is 23.9 Å². The van der Waals surface area contributed by atoms with Gasteiger partial charge < -0.3 is 28.7 Å². The highest BCUT2D eigenvalue weighted by atomic mass is 16.6. The number of likely N-dealkylation sites (tertiary alicyclic amines) is 1. The zero-order chi connectivity index (χ0) is 36.5. The van der Waals surface area contributed by atoms with Gasteiger partial charge in [-0.2, -0.15) is 0 Å². The van der Waals surface area contributed by atoms with Gasteiger partial charge in [-0.25, -0.2) is 14.8 Å². The van der Waals surface area contributed by atoms with Crippen LogP contribution < -0.4 is 9.47 Å². The van der Waals surface area contributed by atoms with Gasteiger partial charge in [0.25, 0.3) is 0 Å². The largest absolute Gasteiger partial charge is 0.497 e. The number of carbonyl (C=O) groups is 4. The number of rotatable bonds is 2. The molecule has 274 valence electrons. The number of esters is 2. The molecular weight excluding hydrogens is 640 g/mol. The third-order valence-corrected chi connectivity index (χ3v) is 10.2. The summed E-state index contributed by atoms with van der Waals surface area (Å²) in [5.41, 5.74) is 0.578. The van der Waals surface area contributed by atoms with E-state index < -0.39 is 53.0 Å². The Morgan fingerprint density at radius 3 is 2.34 bits per heavy atom. The Morgan fingerprint density at radius 2 is 1.68 bits per heavy atom. The maximum atomic E-state index is 14.6. The van der Waals surface area contributed by atoms with Crippen LogP contribution in [0.25, 0.3) is 11.0 Å². The second-order valence-corrected chi connectivity index (χ2v) is 16.1. The second kappa shape index (κ2) is 14.7.